The first-order chi connectivity index (χ1) is 15.2. The summed E-state index contributed by atoms with van der Waals surface area (Å²) in [7, 11) is 0. The van der Waals surface area contributed by atoms with Crippen LogP contribution in [0.15, 0.2) is 53.1 Å². The molecule has 1 aromatic carbocycles. The van der Waals surface area contributed by atoms with Crippen LogP contribution in [0.1, 0.15) is 40.9 Å². The number of hydrazone groups is 1. The molecule has 1 saturated heterocycles. The van der Waals surface area contributed by atoms with E-state index in [0.717, 1.165) is 35.7 Å². The number of aromatic nitrogens is 1. The maximum Gasteiger partial charge on any atom is 0.417 e. The number of fused-ring (bicyclic) bond motifs is 3. The Hall–Kier alpha value is -2.78. The van der Waals surface area contributed by atoms with Crippen LogP contribution >= 0.6 is 23.2 Å². The number of halogens is 5. The highest BCUT2D eigenvalue weighted by molar-refractivity contribution is 6.34. The van der Waals surface area contributed by atoms with Gasteiger partial charge >= 0.3 is 6.18 Å². The minimum absolute atomic E-state index is 0.173. The van der Waals surface area contributed by atoms with Gasteiger partial charge in [0.25, 0.3) is 5.91 Å². The lowest BCUT2D eigenvalue weighted by Gasteiger charge is -2.39. The fourth-order valence-electron chi connectivity index (χ4n) is 4.19. The molecule has 1 fully saturated rings. The van der Waals surface area contributed by atoms with Crippen molar-refractivity contribution in [2.24, 2.45) is 5.10 Å². The van der Waals surface area contributed by atoms with Crippen LogP contribution in [-0.2, 0) is 6.18 Å². The molecule has 1 aromatic heterocycles. The molecule has 0 aliphatic carbocycles. The molecule has 2 aromatic rings. The van der Waals surface area contributed by atoms with Crippen LogP contribution in [0.2, 0.25) is 10.0 Å². The van der Waals surface area contributed by atoms with Gasteiger partial charge in [-0.05, 0) is 43.5 Å². The number of nitrogens with one attached hydrogen (secondary N) is 1. The molecule has 0 radical (unpaired) electrons. The highest BCUT2D eigenvalue weighted by Gasteiger charge is 2.43. The van der Waals surface area contributed by atoms with E-state index in [0.29, 0.717) is 35.3 Å². The Morgan fingerprint density at radius 2 is 2.00 bits per heavy atom. The van der Waals surface area contributed by atoms with Crippen LogP contribution in [0.5, 0.6) is 0 Å². The number of rotatable bonds is 2. The van der Waals surface area contributed by atoms with E-state index in [2.05, 4.69) is 15.4 Å². The summed E-state index contributed by atoms with van der Waals surface area (Å²) in [5.74, 6) is 0.175. The Kier molecular flexibility index (Phi) is 5.05. The van der Waals surface area contributed by atoms with Gasteiger partial charge in [0.1, 0.15) is 5.69 Å². The number of allylic oxidation sites excluding steroid dienone is 1. The quantitative estimate of drug-likeness (QED) is 0.665. The van der Waals surface area contributed by atoms with Gasteiger partial charge in [0.2, 0.25) is 0 Å². The molecule has 0 saturated carbocycles. The lowest BCUT2D eigenvalue weighted by atomic mass is 9.98. The fraction of sp³-hybridized carbons (Fsp3) is 0.286. The first kappa shape index (κ1) is 21.1. The molecule has 3 aliphatic rings. The van der Waals surface area contributed by atoms with Crippen LogP contribution in [-0.4, -0.2) is 39.2 Å². The number of carbonyl (C=O) groups excluding carboxylic acids is 1. The summed E-state index contributed by atoms with van der Waals surface area (Å²) in [4.78, 5) is 19.6. The summed E-state index contributed by atoms with van der Waals surface area (Å²) in [6.07, 6.45) is -0.618. The average Bonchev–Trinajstić information content (AvgIpc) is 3.13. The normalized spacial score (nSPS) is 20.2. The number of amides is 1. The van der Waals surface area contributed by atoms with E-state index in [1.165, 1.54) is 12.3 Å². The Morgan fingerprint density at radius 3 is 2.72 bits per heavy atom. The number of benzene rings is 1. The number of hydrogen-bond acceptors (Lipinski definition) is 5. The number of amidine groups is 1. The van der Waals surface area contributed by atoms with Gasteiger partial charge in [-0.25, -0.2) is 0 Å². The van der Waals surface area contributed by atoms with E-state index in [1.54, 1.807) is 12.1 Å². The largest absolute Gasteiger partial charge is 0.417 e. The van der Waals surface area contributed by atoms with Crippen molar-refractivity contribution in [3.63, 3.8) is 0 Å². The van der Waals surface area contributed by atoms with Crippen LogP contribution < -0.4 is 5.32 Å². The molecular formula is C21H16Cl2F3N5O. The zero-order valence-electron chi connectivity index (χ0n) is 16.5. The van der Waals surface area contributed by atoms with E-state index < -0.39 is 22.7 Å². The van der Waals surface area contributed by atoms with Crippen molar-refractivity contribution < 1.29 is 18.0 Å². The van der Waals surface area contributed by atoms with E-state index >= 15 is 0 Å². The molecule has 11 heteroatoms. The fourth-order valence-corrected chi connectivity index (χ4v) is 4.62. The summed E-state index contributed by atoms with van der Waals surface area (Å²) in [5, 5.41) is 8.81. The molecule has 1 atom stereocenters. The maximum absolute atomic E-state index is 13.4. The zero-order chi connectivity index (χ0) is 22.6. The van der Waals surface area contributed by atoms with Gasteiger partial charge in [0, 0.05) is 18.8 Å². The third kappa shape index (κ3) is 3.49. The second-order valence-electron chi connectivity index (χ2n) is 7.71. The minimum atomic E-state index is -4.68. The molecular weight excluding hydrogens is 466 g/mol. The number of hydrogen-bond donors (Lipinski definition) is 1. The number of alkyl halides is 3. The second-order valence-corrected chi connectivity index (χ2v) is 8.53. The Bertz CT molecular complexity index is 1160. The molecule has 3 aliphatic heterocycles. The van der Waals surface area contributed by atoms with Crippen LogP contribution in [0.25, 0.3) is 0 Å². The molecule has 4 heterocycles. The lowest BCUT2D eigenvalue weighted by molar-refractivity contribution is -0.137. The Morgan fingerprint density at radius 1 is 1.19 bits per heavy atom. The SMILES string of the molecule is O=C(c1cccc(C(F)(F)F)c1Cl)N1N=C(c2ccc(Cl)cn2)N2C[C@@H]3CCCC(=C21)N3. The van der Waals surface area contributed by atoms with Crippen molar-refractivity contribution in [3.05, 3.63) is 74.9 Å². The number of carbonyl (C=O) groups is 1. The molecule has 0 unspecified atom stereocenters. The van der Waals surface area contributed by atoms with Gasteiger partial charge in [0.05, 0.1) is 26.9 Å². The smallest absolute Gasteiger partial charge is 0.381 e. The summed E-state index contributed by atoms with van der Waals surface area (Å²) < 4.78 is 40.0. The predicted molar refractivity (Wildman–Crippen MR) is 113 cm³/mol. The monoisotopic (exact) mass is 481 g/mol. The van der Waals surface area contributed by atoms with E-state index in [1.807, 2.05) is 4.90 Å². The predicted octanol–water partition coefficient (Wildman–Crippen LogP) is 4.85. The van der Waals surface area contributed by atoms with Crippen LogP contribution in [0, 0.1) is 0 Å². The van der Waals surface area contributed by atoms with E-state index in [4.69, 9.17) is 23.2 Å². The second kappa shape index (κ2) is 7.67. The Labute approximate surface area is 191 Å². The van der Waals surface area contributed by atoms with E-state index in [9.17, 15) is 18.0 Å². The van der Waals surface area contributed by atoms with Crippen molar-refractivity contribution in [1.29, 1.82) is 0 Å². The van der Waals surface area contributed by atoms with Gasteiger partial charge in [-0.1, -0.05) is 29.3 Å². The lowest BCUT2D eigenvalue weighted by Crippen LogP contribution is -2.51. The molecule has 166 valence electrons. The number of nitrogens with zero attached hydrogens (tertiary/aromatic N) is 4. The molecule has 1 N–H and O–H groups in total. The third-order valence-electron chi connectivity index (χ3n) is 5.62. The van der Waals surface area contributed by atoms with Crippen molar-refractivity contribution in [1.82, 2.24) is 20.2 Å². The molecule has 32 heavy (non-hydrogen) atoms. The van der Waals surface area contributed by atoms with Gasteiger partial charge in [-0.15, -0.1) is 5.10 Å². The van der Waals surface area contributed by atoms with Crippen molar-refractivity contribution in [2.75, 3.05) is 6.54 Å². The topological polar surface area (TPSA) is 60.8 Å². The van der Waals surface area contributed by atoms with Crippen LogP contribution in [0.4, 0.5) is 13.2 Å². The van der Waals surface area contributed by atoms with Gasteiger partial charge < -0.3 is 10.2 Å². The highest BCUT2D eigenvalue weighted by atomic mass is 35.5. The van der Waals surface area contributed by atoms with Gasteiger partial charge in [-0.2, -0.15) is 18.2 Å². The standard InChI is InChI=1S/C21H16Cl2F3N5O/c22-11-7-8-15(27-9-11)18-29-31(19-16-6-1-3-12(28-16)10-30(18)19)20(32)13-4-2-5-14(17(13)23)21(24,25)26/h2,4-5,7-9,12,28H,1,3,6,10H2/t12-/m0/s1. The third-order valence-corrected chi connectivity index (χ3v) is 6.25. The molecule has 1 amide bonds. The minimum Gasteiger partial charge on any atom is -0.381 e. The van der Waals surface area contributed by atoms with Gasteiger partial charge in [0.15, 0.2) is 11.7 Å². The summed E-state index contributed by atoms with van der Waals surface area (Å²) in [5.41, 5.74) is -0.0297. The molecule has 5 rings (SSSR count). The average molecular weight is 482 g/mol. The highest BCUT2D eigenvalue weighted by Crippen LogP contribution is 2.39. The first-order valence-corrected chi connectivity index (χ1v) is 10.7. The zero-order valence-corrected chi connectivity index (χ0v) is 18.0. The number of piperidine rings is 1. The van der Waals surface area contributed by atoms with Crippen molar-refractivity contribution in [2.45, 2.75) is 31.5 Å². The molecule has 0 spiro atoms. The Balaban J connectivity index is 1.62. The van der Waals surface area contributed by atoms with Crippen LogP contribution in [0.3, 0.4) is 0 Å². The van der Waals surface area contributed by atoms with E-state index in [-0.39, 0.29) is 11.6 Å². The van der Waals surface area contributed by atoms with Crippen molar-refractivity contribution >= 4 is 34.9 Å². The summed E-state index contributed by atoms with van der Waals surface area (Å²) >= 11 is 12.0. The molecule has 2 bridgehead atoms. The van der Waals surface area contributed by atoms with Gasteiger partial charge in [-0.3, -0.25) is 9.78 Å². The van der Waals surface area contributed by atoms with Crippen molar-refractivity contribution in [3.8, 4) is 0 Å². The molecule has 6 nitrogen and oxygen atoms in total. The maximum atomic E-state index is 13.4. The number of pyridine rings is 1. The summed E-state index contributed by atoms with van der Waals surface area (Å²) in [6, 6.07) is 6.80. The first-order valence-electron chi connectivity index (χ1n) is 9.92. The summed E-state index contributed by atoms with van der Waals surface area (Å²) in [6.45, 7) is 0.544.